The highest BCUT2D eigenvalue weighted by Gasteiger charge is 2.19. The Labute approximate surface area is 154 Å². The molecule has 1 fully saturated rings. The molecule has 0 bridgehead atoms. The van der Waals surface area contributed by atoms with Gasteiger partial charge in [0, 0.05) is 18.8 Å². The molecule has 138 valence electrons. The van der Waals surface area contributed by atoms with Crippen molar-refractivity contribution in [3.8, 4) is 0 Å². The zero-order chi connectivity index (χ0) is 18.2. The van der Waals surface area contributed by atoms with E-state index in [1.165, 1.54) is 17.7 Å². The van der Waals surface area contributed by atoms with Gasteiger partial charge in [-0.2, -0.15) is 0 Å². The lowest BCUT2D eigenvalue weighted by molar-refractivity contribution is 0.184. The molecule has 0 radical (unpaired) electrons. The highest BCUT2D eigenvalue weighted by atomic mass is 19.1. The van der Waals surface area contributed by atoms with Crippen LogP contribution in [-0.2, 0) is 6.42 Å². The molecule has 0 atom stereocenters. The fourth-order valence-corrected chi connectivity index (χ4v) is 3.29. The molecular formula is C21H26FN3O. The summed E-state index contributed by atoms with van der Waals surface area (Å²) in [7, 11) is 0. The quantitative estimate of drug-likeness (QED) is 0.825. The lowest BCUT2D eigenvalue weighted by Crippen LogP contribution is -2.40. The number of likely N-dealkylation sites (tertiary alicyclic amines) is 1. The molecule has 0 aromatic heterocycles. The Morgan fingerprint density at radius 2 is 1.73 bits per heavy atom. The van der Waals surface area contributed by atoms with Crippen LogP contribution in [0.4, 0.5) is 14.9 Å². The van der Waals surface area contributed by atoms with Crippen LogP contribution in [0.1, 0.15) is 18.4 Å². The van der Waals surface area contributed by atoms with E-state index in [1.807, 2.05) is 42.5 Å². The Bertz CT molecular complexity index is 682. The maximum absolute atomic E-state index is 12.9. The van der Waals surface area contributed by atoms with Crippen LogP contribution in [0.3, 0.4) is 0 Å². The van der Waals surface area contributed by atoms with Crippen LogP contribution >= 0.6 is 0 Å². The Kier molecular flexibility index (Phi) is 6.61. The number of para-hydroxylation sites is 1. The van der Waals surface area contributed by atoms with Crippen molar-refractivity contribution in [3.05, 3.63) is 66.0 Å². The van der Waals surface area contributed by atoms with E-state index >= 15 is 0 Å². The van der Waals surface area contributed by atoms with Gasteiger partial charge in [0.05, 0.1) is 0 Å². The van der Waals surface area contributed by atoms with Crippen LogP contribution in [0.15, 0.2) is 54.6 Å². The highest BCUT2D eigenvalue weighted by Crippen LogP contribution is 2.17. The number of benzene rings is 2. The predicted octanol–water partition coefficient (Wildman–Crippen LogP) is 3.90. The second-order valence-electron chi connectivity index (χ2n) is 6.86. The minimum Gasteiger partial charge on any atom is -0.338 e. The van der Waals surface area contributed by atoms with E-state index in [0.29, 0.717) is 12.5 Å². The van der Waals surface area contributed by atoms with E-state index in [1.54, 1.807) is 0 Å². The van der Waals surface area contributed by atoms with Crippen molar-refractivity contribution in [1.82, 2.24) is 10.2 Å². The Morgan fingerprint density at radius 1 is 1.04 bits per heavy atom. The van der Waals surface area contributed by atoms with Gasteiger partial charge in [0.15, 0.2) is 0 Å². The molecule has 0 unspecified atom stereocenters. The van der Waals surface area contributed by atoms with E-state index < -0.39 is 0 Å². The monoisotopic (exact) mass is 355 g/mol. The van der Waals surface area contributed by atoms with Crippen LogP contribution in [0.5, 0.6) is 0 Å². The summed E-state index contributed by atoms with van der Waals surface area (Å²) in [5.74, 6) is 0.344. The molecule has 2 amide bonds. The predicted molar refractivity (Wildman–Crippen MR) is 103 cm³/mol. The number of anilines is 1. The zero-order valence-electron chi connectivity index (χ0n) is 15.0. The molecule has 1 heterocycles. The number of nitrogens with one attached hydrogen (secondary N) is 2. The molecule has 0 saturated carbocycles. The SMILES string of the molecule is O=C(NCC1CCN(CCc2ccc(F)cc2)CC1)Nc1ccccc1. The molecule has 3 rings (SSSR count). The van der Waals surface area contributed by atoms with Crippen molar-refractivity contribution in [2.24, 2.45) is 5.92 Å². The van der Waals surface area contributed by atoms with Gasteiger partial charge < -0.3 is 15.5 Å². The summed E-state index contributed by atoms with van der Waals surface area (Å²) in [5.41, 5.74) is 1.98. The normalized spacial score (nSPS) is 15.6. The van der Waals surface area contributed by atoms with Gasteiger partial charge in [0.2, 0.25) is 0 Å². The first kappa shape index (κ1) is 18.4. The third-order valence-corrected chi connectivity index (χ3v) is 4.92. The minimum absolute atomic E-state index is 0.144. The molecule has 5 heteroatoms. The molecule has 1 aliphatic heterocycles. The van der Waals surface area contributed by atoms with Gasteiger partial charge in [-0.25, -0.2) is 9.18 Å². The lowest BCUT2D eigenvalue weighted by atomic mass is 9.96. The topological polar surface area (TPSA) is 44.4 Å². The van der Waals surface area contributed by atoms with E-state index in [9.17, 15) is 9.18 Å². The molecule has 4 nitrogen and oxygen atoms in total. The van der Waals surface area contributed by atoms with Gasteiger partial charge in [-0.1, -0.05) is 30.3 Å². The van der Waals surface area contributed by atoms with Crippen molar-refractivity contribution >= 4 is 11.7 Å². The summed E-state index contributed by atoms with van der Waals surface area (Å²) >= 11 is 0. The fraction of sp³-hybridized carbons (Fsp3) is 0.381. The first-order chi connectivity index (χ1) is 12.7. The molecule has 2 N–H and O–H groups in total. The average molecular weight is 355 g/mol. The second-order valence-corrected chi connectivity index (χ2v) is 6.86. The summed E-state index contributed by atoms with van der Waals surface area (Å²) in [6, 6.07) is 16.1. The van der Waals surface area contributed by atoms with Crippen LogP contribution in [-0.4, -0.2) is 37.1 Å². The number of hydrogen-bond donors (Lipinski definition) is 2. The first-order valence-corrected chi connectivity index (χ1v) is 9.26. The van der Waals surface area contributed by atoms with Crippen LogP contribution in [0.25, 0.3) is 0 Å². The number of piperidine rings is 1. The number of urea groups is 1. The summed E-state index contributed by atoms with van der Waals surface area (Å²) in [6.45, 7) is 3.81. The Hall–Kier alpha value is -2.40. The zero-order valence-corrected chi connectivity index (χ0v) is 15.0. The summed E-state index contributed by atoms with van der Waals surface area (Å²) in [5, 5.41) is 5.82. The summed E-state index contributed by atoms with van der Waals surface area (Å²) < 4.78 is 12.9. The largest absolute Gasteiger partial charge is 0.338 e. The number of rotatable bonds is 6. The fourth-order valence-electron chi connectivity index (χ4n) is 3.29. The smallest absolute Gasteiger partial charge is 0.319 e. The van der Waals surface area contributed by atoms with E-state index in [-0.39, 0.29) is 11.8 Å². The van der Waals surface area contributed by atoms with Gasteiger partial charge in [-0.05, 0) is 68.1 Å². The van der Waals surface area contributed by atoms with Gasteiger partial charge in [-0.15, -0.1) is 0 Å². The van der Waals surface area contributed by atoms with Crippen molar-refractivity contribution < 1.29 is 9.18 Å². The van der Waals surface area contributed by atoms with Crippen LogP contribution in [0.2, 0.25) is 0 Å². The molecular weight excluding hydrogens is 329 g/mol. The Morgan fingerprint density at radius 3 is 2.42 bits per heavy atom. The number of halogens is 1. The van der Waals surface area contributed by atoms with Gasteiger partial charge >= 0.3 is 6.03 Å². The average Bonchev–Trinajstić information content (AvgIpc) is 2.67. The van der Waals surface area contributed by atoms with E-state index in [0.717, 1.165) is 44.6 Å². The van der Waals surface area contributed by atoms with Crippen molar-refractivity contribution in [3.63, 3.8) is 0 Å². The van der Waals surface area contributed by atoms with Crippen molar-refractivity contribution in [2.75, 3.05) is 31.5 Å². The number of nitrogens with zero attached hydrogens (tertiary/aromatic N) is 1. The van der Waals surface area contributed by atoms with Crippen LogP contribution < -0.4 is 10.6 Å². The highest BCUT2D eigenvalue weighted by molar-refractivity contribution is 5.89. The summed E-state index contributed by atoms with van der Waals surface area (Å²) in [4.78, 5) is 14.4. The molecule has 26 heavy (non-hydrogen) atoms. The van der Waals surface area contributed by atoms with E-state index in [2.05, 4.69) is 15.5 Å². The number of carbonyl (C=O) groups excluding carboxylic acids is 1. The summed E-state index contributed by atoms with van der Waals surface area (Å²) in [6.07, 6.45) is 3.13. The minimum atomic E-state index is -0.182. The van der Waals surface area contributed by atoms with Gasteiger partial charge in [0.25, 0.3) is 0 Å². The third kappa shape index (κ3) is 5.85. The number of hydrogen-bond acceptors (Lipinski definition) is 2. The molecule has 1 aliphatic rings. The third-order valence-electron chi connectivity index (χ3n) is 4.92. The van der Waals surface area contributed by atoms with Crippen molar-refractivity contribution in [1.29, 1.82) is 0 Å². The molecule has 2 aromatic rings. The maximum atomic E-state index is 12.9. The van der Waals surface area contributed by atoms with Gasteiger partial charge in [0.1, 0.15) is 5.82 Å². The number of carbonyl (C=O) groups is 1. The Balaban J connectivity index is 1.32. The molecule has 2 aromatic carbocycles. The van der Waals surface area contributed by atoms with Crippen molar-refractivity contribution in [2.45, 2.75) is 19.3 Å². The standard InChI is InChI=1S/C21H26FN3O/c22-19-8-6-17(7-9-19)10-13-25-14-11-18(12-15-25)16-23-21(26)24-20-4-2-1-3-5-20/h1-9,18H,10-16H2,(H2,23,24,26). The number of amides is 2. The van der Waals surface area contributed by atoms with E-state index in [4.69, 9.17) is 0 Å². The first-order valence-electron chi connectivity index (χ1n) is 9.26. The molecule has 1 saturated heterocycles. The maximum Gasteiger partial charge on any atom is 0.319 e. The van der Waals surface area contributed by atoms with Gasteiger partial charge in [-0.3, -0.25) is 0 Å². The van der Waals surface area contributed by atoms with Crippen LogP contribution in [0, 0.1) is 11.7 Å². The molecule has 0 aliphatic carbocycles. The lowest BCUT2D eigenvalue weighted by Gasteiger charge is -2.32. The second kappa shape index (κ2) is 9.34. The molecule has 0 spiro atoms.